The maximum absolute atomic E-state index is 6.35. The number of aryl methyl sites for hydroxylation is 3. The minimum absolute atomic E-state index is 0.638. The van der Waals surface area contributed by atoms with Gasteiger partial charge in [-0.15, -0.1) is 0 Å². The molecule has 1 aromatic carbocycles. The molecule has 182 valence electrons. The number of aromatic nitrogens is 2. The molecule has 1 aliphatic rings. The highest BCUT2D eigenvalue weighted by Gasteiger charge is 2.22. The lowest BCUT2D eigenvalue weighted by molar-refractivity contribution is 0.183. The van der Waals surface area contributed by atoms with Gasteiger partial charge in [0.2, 0.25) is 5.88 Å². The highest BCUT2D eigenvalue weighted by atomic mass is 16.5. The molecule has 0 aliphatic carbocycles. The zero-order chi connectivity index (χ0) is 23.8. The van der Waals surface area contributed by atoms with Crippen LogP contribution in [0.25, 0.3) is 11.4 Å². The molecule has 0 saturated carbocycles. The predicted molar refractivity (Wildman–Crippen MR) is 137 cm³/mol. The average molecular weight is 455 g/mol. The molecule has 0 spiro atoms. The van der Waals surface area contributed by atoms with Gasteiger partial charge in [-0.2, -0.15) is 4.98 Å². The zero-order valence-corrected chi connectivity index (χ0v) is 21.5. The fourth-order valence-corrected chi connectivity index (χ4v) is 4.83. The minimum atomic E-state index is 0.638. The van der Waals surface area contributed by atoms with Crippen LogP contribution in [0.1, 0.15) is 62.8 Å². The summed E-state index contributed by atoms with van der Waals surface area (Å²) in [6, 6.07) is 4.28. The van der Waals surface area contributed by atoms with Crippen molar-refractivity contribution in [2.45, 2.75) is 66.7 Å². The van der Waals surface area contributed by atoms with Gasteiger partial charge in [0.05, 0.1) is 18.4 Å². The van der Waals surface area contributed by atoms with E-state index in [1.165, 1.54) is 37.9 Å². The molecule has 33 heavy (non-hydrogen) atoms. The van der Waals surface area contributed by atoms with Crippen molar-refractivity contribution in [3.8, 4) is 23.0 Å². The smallest absolute Gasteiger partial charge is 0.241 e. The van der Waals surface area contributed by atoms with Gasteiger partial charge >= 0.3 is 0 Å². The summed E-state index contributed by atoms with van der Waals surface area (Å²) in [5.74, 6) is 2.17. The third-order valence-electron chi connectivity index (χ3n) is 6.30. The van der Waals surface area contributed by atoms with Crippen molar-refractivity contribution in [1.29, 1.82) is 0 Å². The molecular formula is C27H42N4O2. The monoisotopic (exact) mass is 454 g/mol. The SMILES string of the molecule is CCCN(CCC)c1c(C)nc(-c2c(C)cc(C)cc2OCCN2CCCCC2)nc1OC. The lowest BCUT2D eigenvalue weighted by Crippen LogP contribution is -2.33. The summed E-state index contributed by atoms with van der Waals surface area (Å²) < 4.78 is 12.1. The topological polar surface area (TPSA) is 50.7 Å². The molecule has 0 amide bonds. The van der Waals surface area contributed by atoms with Gasteiger partial charge in [0.15, 0.2) is 5.82 Å². The van der Waals surface area contributed by atoms with Gasteiger partial charge in [-0.1, -0.05) is 26.3 Å². The molecule has 2 heterocycles. The molecule has 6 heteroatoms. The van der Waals surface area contributed by atoms with Gasteiger partial charge in [0, 0.05) is 19.6 Å². The highest BCUT2D eigenvalue weighted by molar-refractivity contribution is 5.72. The maximum Gasteiger partial charge on any atom is 0.241 e. The highest BCUT2D eigenvalue weighted by Crippen LogP contribution is 2.37. The zero-order valence-electron chi connectivity index (χ0n) is 21.5. The third-order valence-corrected chi connectivity index (χ3v) is 6.30. The van der Waals surface area contributed by atoms with E-state index >= 15 is 0 Å². The van der Waals surface area contributed by atoms with Crippen LogP contribution in [0.3, 0.4) is 0 Å². The van der Waals surface area contributed by atoms with Crippen LogP contribution < -0.4 is 14.4 Å². The second-order valence-corrected chi connectivity index (χ2v) is 9.18. The van der Waals surface area contributed by atoms with E-state index in [1.807, 2.05) is 0 Å². The number of anilines is 1. The van der Waals surface area contributed by atoms with Gasteiger partial charge in [-0.25, -0.2) is 4.98 Å². The van der Waals surface area contributed by atoms with Crippen LogP contribution in [0.4, 0.5) is 5.69 Å². The Hall–Kier alpha value is -2.34. The Bertz CT molecular complexity index is 903. The molecule has 0 radical (unpaired) electrons. The molecule has 1 aromatic heterocycles. The second kappa shape index (κ2) is 12.2. The van der Waals surface area contributed by atoms with Gasteiger partial charge in [0.25, 0.3) is 0 Å². The van der Waals surface area contributed by atoms with E-state index in [4.69, 9.17) is 19.4 Å². The summed E-state index contributed by atoms with van der Waals surface area (Å²) in [5.41, 5.74) is 5.21. The first kappa shape index (κ1) is 25.3. The van der Waals surface area contributed by atoms with Crippen LogP contribution in [0, 0.1) is 20.8 Å². The Labute approximate surface area is 200 Å². The summed E-state index contributed by atoms with van der Waals surface area (Å²) in [6.07, 6.45) is 6.07. The molecule has 3 rings (SSSR count). The number of rotatable bonds is 11. The summed E-state index contributed by atoms with van der Waals surface area (Å²) in [7, 11) is 1.70. The maximum atomic E-state index is 6.35. The van der Waals surface area contributed by atoms with Crippen molar-refractivity contribution in [1.82, 2.24) is 14.9 Å². The van der Waals surface area contributed by atoms with Crippen molar-refractivity contribution in [2.75, 3.05) is 51.3 Å². The Morgan fingerprint density at radius 2 is 1.67 bits per heavy atom. The Kier molecular flexibility index (Phi) is 9.36. The molecule has 1 aliphatic heterocycles. The first-order valence-electron chi connectivity index (χ1n) is 12.6. The fourth-order valence-electron chi connectivity index (χ4n) is 4.83. The average Bonchev–Trinajstić information content (AvgIpc) is 2.79. The molecular weight excluding hydrogens is 412 g/mol. The summed E-state index contributed by atoms with van der Waals surface area (Å²) in [5, 5.41) is 0. The number of ether oxygens (including phenoxy) is 2. The molecule has 1 fully saturated rings. The van der Waals surface area contributed by atoms with Crippen LogP contribution in [0.15, 0.2) is 12.1 Å². The Morgan fingerprint density at radius 3 is 2.30 bits per heavy atom. The number of piperidine rings is 1. The first-order valence-corrected chi connectivity index (χ1v) is 12.6. The summed E-state index contributed by atoms with van der Waals surface area (Å²) in [6.45, 7) is 16.6. The van der Waals surface area contributed by atoms with E-state index < -0.39 is 0 Å². The van der Waals surface area contributed by atoms with E-state index in [2.05, 4.69) is 56.6 Å². The van der Waals surface area contributed by atoms with Crippen molar-refractivity contribution in [3.63, 3.8) is 0 Å². The number of hydrogen-bond donors (Lipinski definition) is 0. The normalized spacial score (nSPS) is 14.4. The second-order valence-electron chi connectivity index (χ2n) is 9.18. The first-order chi connectivity index (χ1) is 16.0. The lowest BCUT2D eigenvalue weighted by Gasteiger charge is -2.27. The number of hydrogen-bond acceptors (Lipinski definition) is 6. The summed E-state index contributed by atoms with van der Waals surface area (Å²) in [4.78, 5) is 14.7. The molecule has 0 bridgehead atoms. The molecule has 0 unspecified atom stereocenters. The molecule has 2 aromatic rings. The van der Waals surface area contributed by atoms with Crippen LogP contribution in [-0.4, -0.2) is 61.3 Å². The van der Waals surface area contributed by atoms with Crippen molar-refractivity contribution < 1.29 is 9.47 Å². The van der Waals surface area contributed by atoms with E-state index in [1.54, 1.807) is 7.11 Å². The molecule has 1 saturated heterocycles. The predicted octanol–water partition coefficient (Wildman–Crippen LogP) is 5.57. The number of methoxy groups -OCH3 is 1. The van der Waals surface area contributed by atoms with Gasteiger partial charge in [-0.3, -0.25) is 4.90 Å². The molecule has 6 nitrogen and oxygen atoms in total. The minimum Gasteiger partial charge on any atom is -0.491 e. The van der Waals surface area contributed by atoms with Gasteiger partial charge in [0.1, 0.15) is 18.0 Å². The van der Waals surface area contributed by atoms with Crippen molar-refractivity contribution in [3.05, 3.63) is 29.0 Å². The van der Waals surface area contributed by atoms with Crippen molar-refractivity contribution >= 4 is 5.69 Å². The van der Waals surface area contributed by atoms with Gasteiger partial charge < -0.3 is 14.4 Å². The van der Waals surface area contributed by atoms with Crippen LogP contribution >= 0.6 is 0 Å². The number of benzene rings is 1. The largest absolute Gasteiger partial charge is 0.491 e. The standard InChI is InChI=1S/C27H42N4O2/c1-7-12-31(13-8-2)25-22(5)28-26(29-27(25)32-6)24-21(4)18-20(3)19-23(24)33-17-16-30-14-10-9-11-15-30/h18-19H,7-17H2,1-6H3. The Balaban J connectivity index is 1.93. The van der Waals surface area contributed by atoms with Crippen molar-refractivity contribution in [2.24, 2.45) is 0 Å². The Morgan fingerprint density at radius 1 is 0.970 bits per heavy atom. The fraction of sp³-hybridized carbons (Fsp3) is 0.630. The lowest BCUT2D eigenvalue weighted by atomic mass is 10.0. The van der Waals surface area contributed by atoms with E-state index in [0.29, 0.717) is 18.3 Å². The third kappa shape index (κ3) is 6.38. The number of likely N-dealkylation sites (tertiary alicyclic amines) is 1. The van der Waals surface area contributed by atoms with Crippen LogP contribution in [0.5, 0.6) is 11.6 Å². The quantitative estimate of drug-likeness (QED) is 0.442. The molecule has 0 N–H and O–H groups in total. The van der Waals surface area contributed by atoms with Gasteiger partial charge in [-0.05, 0) is 76.7 Å². The van der Waals surface area contributed by atoms with Crippen LogP contribution in [-0.2, 0) is 0 Å². The summed E-state index contributed by atoms with van der Waals surface area (Å²) >= 11 is 0. The van der Waals surface area contributed by atoms with E-state index in [0.717, 1.165) is 60.7 Å². The van der Waals surface area contributed by atoms with Crippen LogP contribution in [0.2, 0.25) is 0 Å². The van der Waals surface area contributed by atoms with E-state index in [-0.39, 0.29) is 0 Å². The molecule has 0 atom stereocenters. The van der Waals surface area contributed by atoms with E-state index in [9.17, 15) is 0 Å². The number of nitrogens with zero attached hydrogens (tertiary/aromatic N) is 4.